The lowest BCUT2D eigenvalue weighted by Gasteiger charge is -2.27. The van der Waals surface area contributed by atoms with E-state index in [0.717, 1.165) is 11.1 Å². The van der Waals surface area contributed by atoms with Crippen molar-refractivity contribution < 1.29 is 17.9 Å². The zero-order valence-corrected chi connectivity index (χ0v) is 20.3. The molecular formula is C28H26N2O4S. The third kappa shape index (κ3) is 5.36. The Labute approximate surface area is 205 Å². The molecule has 0 fully saturated rings. The van der Waals surface area contributed by atoms with Gasteiger partial charge in [-0.1, -0.05) is 60.7 Å². The van der Waals surface area contributed by atoms with Crippen LogP contribution in [0.4, 0.5) is 11.4 Å². The van der Waals surface area contributed by atoms with Crippen LogP contribution in [0, 0.1) is 6.92 Å². The first kappa shape index (κ1) is 24.0. The molecule has 0 saturated carbocycles. The van der Waals surface area contributed by atoms with Crippen LogP contribution in [0.3, 0.4) is 0 Å². The second-order valence-corrected chi connectivity index (χ2v) is 9.82. The van der Waals surface area contributed by atoms with E-state index in [9.17, 15) is 13.2 Å². The topological polar surface area (TPSA) is 75.7 Å². The van der Waals surface area contributed by atoms with Gasteiger partial charge in [-0.3, -0.25) is 9.10 Å². The molecule has 0 atom stereocenters. The van der Waals surface area contributed by atoms with Gasteiger partial charge < -0.3 is 10.1 Å². The Balaban J connectivity index is 1.79. The molecule has 1 N–H and O–H groups in total. The molecule has 4 rings (SSSR count). The number of carbonyl (C=O) groups is 1. The van der Waals surface area contributed by atoms with Gasteiger partial charge in [-0.25, -0.2) is 8.42 Å². The first-order chi connectivity index (χ1) is 16.9. The summed E-state index contributed by atoms with van der Waals surface area (Å²) < 4.78 is 34.2. The standard InChI is InChI=1S/C28H26N2O4S/c1-21-10-6-8-14-26(21)29-28(31)25-13-7-9-15-27(25)30(20-22-11-4-3-5-12-22)35(32,33)24-18-16-23(34-2)17-19-24/h3-19H,20H2,1-2H3,(H,29,31). The van der Waals surface area contributed by atoms with Gasteiger partial charge in [0.25, 0.3) is 15.9 Å². The molecule has 0 spiro atoms. The second kappa shape index (κ2) is 10.4. The first-order valence-corrected chi connectivity index (χ1v) is 12.5. The highest BCUT2D eigenvalue weighted by Gasteiger charge is 2.29. The SMILES string of the molecule is COc1ccc(S(=O)(=O)N(Cc2ccccc2)c2ccccc2C(=O)Nc2ccccc2C)cc1. The third-order valence-electron chi connectivity index (χ3n) is 5.63. The molecule has 178 valence electrons. The van der Waals surface area contributed by atoms with Crippen molar-refractivity contribution in [3.05, 3.63) is 120 Å². The molecule has 0 aliphatic carbocycles. The first-order valence-electron chi connectivity index (χ1n) is 11.1. The Morgan fingerprint density at radius 3 is 2.14 bits per heavy atom. The van der Waals surface area contributed by atoms with Crippen LogP contribution in [0.1, 0.15) is 21.5 Å². The molecule has 0 unspecified atom stereocenters. The highest BCUT2D eigenvalue weighted by atomic mass is 32.2. The van der Waals surface area contributed by atoms with Gasteiger partial charge in [0.1, 0.15) is 5.75 Å². The van der Waals surface area contributed by atoms with Crippen LogP contribution in [-0.2, 0) is 16.6 Å². The number of aryl methyl sites for hydroxylation is 1. The predicted octanol–water partition coefficient (Wildman–Crippen LogP) is 5.65. The summed E-state index contributed by atoms with van der Waals surface area (Å²) >= 11 is 0. The average molecular weight is 487 g/mol. The van der Waals surface area contributed by atoms with Gasteiger partial charge in [0.15, 0.2) is 0 Å². The highest BCUT2D eigenvalue weighted by molar-refractivity contribution is 7.92. The minimum atomic E-state index is -4.02. The van der Waals surface area contributed by atoms with Crippen molar-refractivity contribution >= 4 is 27.3 Å². The zero-order chi connectivity index (χ0) is 24.8. The number of anilines is 2. The summed E-state index contributed by atoms with van der Waals surface area (Å²) in [6.45, 7) is 1.96. The summed E-state index contributed by atoms with van der Waals surface area (Å²) in [5.41, 5.74) is 2.91. The molecule has 0 aromatic heterocycles. The number of carbonyl (C=O) groups excluding carboxylic acids is 1. The molecule has 4 aromatic rings. The summed E-state index contributed by atoms with van der Waals surface area (Å²) in [6.07, 6.45) is 0. The minimum Gasteiger partial charge on any atom is -0.497 e. The molecule has 0 bridgehead atoms. The number of benzene rings is 4. The monoisotopic (exact) mass is 486 g/mol. The number of hydrogen-bond acceptors (Lipinski definition) is 4. The number of ether oxygens (including phenoxy) is 1. The fourth-order valence-corrected chi connectivity index (χ4v) is 5.18. The van der Waals surface area contributed by atoms with Gasteiger partial charge in [-0.15, -0.1) is 0 Å². The molecule has 0 heterocycles. The maximum atomic E-state index is 13.9. The van der Waals surface area contributed by atoms with Crippen molar-refractivity contribution in [3.8, 4) is 5.75 Å². The molecule has 1 amide bonds. The maximum Gasteiger partial charge on any atom is 0.264 e. The van der Waals surface area contributed by atoms with Gasteiger partial charge in [-0.2, -0.15) is 0 Å². The van der Waals surface area contributed by atoms with Crippen molar-refractivity contribution in [2.45, 2.75) is 18.4 Å². The Kier molecular flexibility index (Phi) is 7.17. The number of sulfonamides is 1. The molecule has 35 heavy (non-hydrogen) atoms. The van der Waals surface area contributed by atoms with Gasteiger partial charge in [0.05, 0.1) is 29.8 Å². The van der Waals surface area contributed by atoms with E-state index < -0.39 is 15.9 Å². The predicted molar refractivity (Wildman–Crippen MR) is 138 cm³/mol. The van der Waals surface area contributed by atoms with E-state index in [1.807, 2.05) is 61.5 Å². The second-order valence-electron chi connectivity index (χ2n) is 7.96. The number of nitrogens with zero attached hydrogens (tertiary/aromatic N) is 1. The van der Waals surface area contributed by atoms with Gasteiger partial charge in [0, 0.05) is 5.69 Å². The Hall–Kier alpha value is -4.10. The van der Waals surface area contributed by atoms with Gasteiger partial charge >= 0.3 is 0 Å². The molecule has 7 heteroatoms. The van der Waals surface area contributed by atoms with E-state index in [4.69, 9.17) is 4.74 Å². The molecule has 0 radical (unpaired) electrons. The van der Waals surface area contributed by atoms with Gasteiger partial charge in [-0.05, 0) is 60.5 Å². The van der Waals surface area contributed by atoms with Crippen LogP contribution in [0.5, 0.6) is 5.75 Å². The Bertz CT molecular complexity index is 1420. The van der Waals surface area contributed by atoms with Crippen molar-refractivity contribution in [1.82, 2.24) is 0 Å². The molecule has 4 aromatic carbocycles. The third-order valence-corrected chi connectivity index (χ3v) is 7.40. The van der Waals surface area contributed by atoms with Gasteiger partial charge in [0.2, 0.25) is 0 Å². The number of hydrogen-bond donors (Lipinski definition) is 1. The number of methoxy groups -OCH3 is 1. The van der Waals surface area contributed by atoms with Crippen LogP contribution in [0.25, 0.3) is 0 Å². The summed E-state index contributed by atoms with van der Waals surface area (Å²) in [7, 11) is -2.49. The molecule has 6 nitrogen and oxygen atoms in total. The van der Waals surface area contributed by atoms with Crippen molar-refractivity contribution in [2.24, 2.45) is 0 Å². The number of nitrogens with one attached hydrogen (secondary N) is 1. The highest BCUT2D eigenvalue weighted by Crippen LogP contribution is 2.30. The van der Waals surface area contributed by atoms with E-state index >= 15 is 0 Å². The van der Waals surface area contributed by atoms with Crippen LogP contribution >= 0.6 is 0 Å². The fraction of sp³-hybridized carbons (Fsp3) is 0.107. The maximum absolute atomic E-state index is 13.9. The van der Waals surface area contributed by atoms with Crippen molar-refractivity contribution in [3.63, 3.8) is 0 Å². The normalized spacial score (nSPS) is 11.0. The zero-order valence-electron chi connectivity index (χ0n) is 19.5. The number of amides is 1. The lowest BCUT2D eigenvalue weighted by molar-refractivity contribution is 0.102. The molecular weight excluding hydrogens is 460 g/mol. The number of rotatable bonds is 8. The Morgan fingerprint density at radius 1 is 0.829 bits per heavy atom. The molecule has 0 saturated heterocycles. The lowest BCUT2D eigenvalue weighted by atomic mass is 10.1. The van der Waals surface area contributed by atoms with Crippen LogP contribution in [0.15, 0.2) is 108 Å². The summed E-state index contributed by atoms with van der Waals surface area (Å²) in [5.74, 6) is 0.162. The van der Waals surface area contributed by atoms with E-state index in [-0.39, 0.29) is 17.0 Å². The average Bonchev–Trinajstić information content (AvgIpc) is 2.89. The van der Waals surface area contributed by atoms with E-state index in [0.29, 0.717) is 17.1 Å². The summed E-state index contributed by atoms with van der Waals surface area (Å²) in [6, 6.07) is 29.7. The molecule has 0 aliphatic heterocycles. The van der Waals surface area contributed by atoms with Crippen LogP contribution in [-0.4, -0.2) is 21.4 Å². The van der Waals surface area contributed by atoms with Crippen molar-refractivity contribution in [2.75, 3.05) is 16.7 Å². The van der Waals surface area contributed by atoms with E-state index in [1.165, 1.54) is 23.5 Å². The smallest absolute Gasteiger partial charge is 0.264 e. The van der Waals surface area contributed by atoms with Crippen molar-refractivity contribution in [1.29, 1.82) is 0 Å². The van der Waals surface area contributed by atoms with Crippen LogP contribution in [0.2, 0.25) is 0 Å². The largest absolute Gasteiger partial charge is 0.497 e. The van der Waals surface area contributed by atoms with E-state index in [2.05, 4.69) is 5.32 Å². The number of para-hydroxylation sites is 2. The Morgan fingerprint density at radius 2 is 1.46 bits per heavy atom. The van der Waals surface area contributed by atoms with E-state index in [1.54, 1.807) is 36.4 Å². The lowest BCUT2D eigenvalue weighted by Crippen LogP contribution is -2.32. The minimum absolute atomic E-state index is 0.0594. The quantitative estimate of drug-likeness (QED) is 0.349. The fourth-order valence-electron chi connectivity index (χ4n) is 3.71. The summed E-state index contributed by atoms with van der Waals surface area (Å²) in [4.78, 5) is 13.4. The van der Waals surface area contributed by atoms with Crippen LogP contribution < -0.4 is 14.4 Å². The summed E-state index contributed by atoms with van der Waals surface area (Å²) in [5, 5.41) is 2.91. The molecule has 0 aliphatic rings.